The Balaban J connectivity index is 1.69. The minimum atomic E-state index is -3.59. The highest BCUT2D eigenvalue weighted by Crippen LogP contribution is 2.54. The number of carbonyl (C=O) groups is 2. The molecule has 1 N–H and O–H groups in total. The molecule has 1 aliphatic heterocycles. The molecule has 2 heterocycles. The lowest BCUT2D eigenvalue weighted by atomic mass is 9.66. The number of carboxylic acid groups (broad SMARTS) is 1. The predicted octanol–water partition coefficient (Wildman–Crippen LogP) is 7.69. The second-order valence-electron chi connectivity index (χ2n) is 13.9. The predicted molar refractivity (Wildman–Crippen MR) is 178 cm³/mol. The highest BCUT2D eigenvalue weighted by molar-refractivity contribution is 7.92. The lowest BCUT2D eigenvalue weighted by Gasteiger charge is -2.52. The number of aromatic carboxylic acids is 1. The maximum Gasteiger partial charge on any atom is 0.337 e. The van der Waals surface area contributed by atoms with Gasteiger partial charge in [0.2, 0.25) is 5.91 Å². The fraction of sp³-hybridized carbons (Fsp3) is 0.457. The largest absolute Gasteiger partial charge is 0.478 e. The number of aryl methyl sites for hydroxylation is 1. The van der Waals surface area contributed by atoms with Gasteiger partial charge in [-0.2, -0.15) is 0 Å². The summed E-state index contributed by atoms with van der Waals surface area (Å²) in [4.78, 5) is 33.2. The number of benzene rings is 2. The normalized spacial score (nSPS) is 23.2. The van der Waals surface area contributed by atoms with Crippen molar-refractivity contribution < 1.29 is 23.1 Å². The zero-order valence-corrected chi connectivity index (χ0v) is 28.6. The number of sulfone groups is 1. The summed E-state index contributed by atoms with van der Waals surface area (Å²) in [6, 6.07) is 17.3. The van der Waals surface area contributed by atoms with E-state index in [1.807, 2.05) is 48.2 Å². The lowest BCUT2D eigenvalue weighted by Crippen LogP contribution is -2.59. The molecule has 2 fully saturated rings. The maximum atomic E-state index is 15.1. The van der Waals surface area contributed by atoms with E-state index >= 15 is 4.79 Å². The van der Waals surface area contributed by atoms with Crippen LogP contribution in [0.1, 0.15) is 91.8 Å². The number of hydrogen-bond acceptors (Lipinski definition) is 5. The van der Waals surface area contributed by atoms with E-state index in [0.717, 1.165) is 24.0 Å². The average Bonchev–Trinajstić information content (AvgIpc) is 3.79. The molecule has 45 heavy (non-hydrogen) atoms. The van der Waals surface area contributed by atoms with Crippen LogP contribution in [0.4, 0.5) is 0 Å². The molecule has 1 saturated heterocycles. The Morgan fingerprint density at radius 1 is 1.04 bits per heavy atom. The first kappa shape index (κ1) is 33.4. The van der Waals surface area contributed by atoms with Gasteiger partial charge in [0, 0.05) is 34.1 Å². The molecule has 1 aromatic heterocycles. The molecule has 4 atom stereocenters. The highest BCUT2D eigenvalue weighted by atomic mass is 35.5. The Bertz CT molecular complexity index is 1720. The smallest absolute Gasteiger partial charge is 0.337 e. The summed E-state index contributed by atoms with van der Waals surface area (Å²) in [6.45, 7) is 8.68. The van der Waals surface area contributed by atoms with Crippen molar-refractivity contribution >= 4 is 44.9 Å². The number of carboxylic acids is 1. The molecular weight excluding hydrogens is 631 g/mol. The van der Waals surface area contributed by atoms with Crippen LogP contribution < -0.4 is 0 Å². The molecule has 2 aliphatic rings. The second kappa shape index (κ2) is 12.3. The number of hydrogen-bond donors (Lipinski definition) is 1. The minimum absolute atomic E-state index is 0.0541. The fourth-order valence-electron chi connectivity index (χ4n) is 6.65. The SMILES string of the molecule is Cc1nc(C[C@@]2(C)C[C@H](c3cccc(Cl)c3)[C@@H](c3ccc(Cl)cc3)N([C@H](CS(=O)(=O)C(C)(C)C)C3CC3)C2=O)ccc1C(=O)O. The molecule has 2 aromatic carbocycles. The van der Waals surface area contributed by atoms with Gasteiger partial charge >= 0.3 is 5.97 Å². The highest BCUT2D eigenvalue weighted by Gasteiger charge is 2.55. The first-order valence-electron chi connectivity index (χ1n) is 15.3. The van der Waals surface area contributed by atoms with Crippen molar-refractivity contribution in [2.75, 3.05) is 5.75 Å². The van der Waals surface area contributed by atoms with Gasteiger partial charge in [-0.05, 0) is 100 Å². The lowest BCUT2D eigenvalue weighted by molar-refractivity contribution is -0.154. The molecule has 1 amide bonds. The van der Waals surface area contributed by atoms with Crippen LogP contribution in [0.2, 0.25) is 10.0 Å². The van der Waals surface area contributed by atoms with Gasteiger partial charge in [0.05, 0.1) is 33.2 Å². The van der Waals surface area contributed by atoms with Crippen LogP contribution in [0.3, 0.4) is 0 Å². The van der Waals surface area contributed by atoms with Gasteiger partial charge in [-0.1, -0.05) is 54.4 Å². The minimum Gasteiger partial charge on any atom is -0.478 e. The number of nitrogens with zero attached hydrogens (tertiary/aromatic N) is 2. The first-order valence-corrected chi connectivity index (χ1v) is 17.7. The van der Waals surface area contributed by atoms with Gasteiger partial charge in [-0.3, -0.25) is 9.78 Å². The number of amides is 1. The summed E-state index contributed by atoms with van der Waals surface area (Å²) in [5.41, 5.74) is 1.94. The third kappa shape index (κ3) is 6.93. The molecule has 240 valence electrons. The Labute approximate surface area is 275 Å². The van der Waals surface area contributed by atoms with E-state index in [4.69, 9.17) is 23.2 Å². The van der Waals surface area contributed by atoms with Crippen molar-refractivity contribution in [3.8, 4) is 0 Å². The van der Waals surface area contributed by atoms with Gasteiger partial charge in [-0.15, -0.1) is 0 Å². The second-order valence-corrected chi connectivity index (χ2v) is 17.5. The molecule has 7 nitrogen and oxygen atoms in total. The monoisotopic (exact) mass is 670 g/mol. The number of likely N-dealkylation sites (tertiary alicyclic amines) is 1. The maximum absolute atomic E-state index is 15.1. The van der Waals surface area contributed by atoms with Gasteiger partial charge < -0.3 is 10.0 Å². The molecule has 10 heteroatoms. The van der Waals surface area contributed by atoms with E-state index in [1.54, 1.807) is 45.9 Å². The van der Waals surface area contributed by atoms with Crippen molar-refractivity contribution in [2.24, 2.45) is 11.3 Å². The molecular formula is C35H40Cl2N2O5S. The van der Waals surface area contributed by atoms with Crippen molar-refractivity contribution in [3.63, 3.8) is 0 Å². The number of pyridine rings is 1. The number of halogens is 2. The zero-order valence-electron chi connectivity index (χ0n) is 26.3. The quantitative estimate of drug-likeness (QED) is 0.250. The Kier molecular flexibility index (Phi) is 9.17. The van der Waals surface area contributed by atoms with Crippen LogP contribution in [-0.4, -0.2) is 51.8 Å². The van der Waals surface area contributed by atoms with Crippen LogP contribution in [0.15, 0.2) is 60.7 Å². The summed E-state index contributed by atoms with van der Waals surface area (Å²) in [5, 5.41) is 10.7. The Morgan fingerprint density at radius 2 is 1.71 bits per heavy atom. The third-order valence-electron chi connectivity index (χ3n) is 9.38. The Morgan fingerprint density at radius 3 is 2.27 bits per heavy atom. The van der Waals surface area contributed by atoms with E-state index in [1.165, 1.54) is 6.07 Å². The summed E-state index contributed by atoms with van der Waals surface area (Å²) >= 11 is 12.8. The summed E-state index contributed by atoms with van der Waals surface area (Å²) < 4.78 is 26.6. The summed E-state index contributed by atoms with van der Waals surface area (Å²) in [5.74, 6) is -1.51. The van der Waals surface area contributed by atoms with Gasteiger partial charge in [0.15, 0.2) is 9.84 Å². The number of rotatable bonds is 9. The van der Waals surface area contributed by atoms with Gasteiger partial charge in [0.1, 0.15) is 0 Å². The van der Waals surface area contributed by atoms with Gasteiger partial charge in [0.25, 0.3) is 0 Å². The van der Waals surface area contributed by atoms with E-state index in [0.29, 0.717) is 27.9 Å². The van der Waals surface area contributed by atoms with E-state index in [9.17, 15) is 18.3 Å². The molecule has 1 saturated carbocycles. The van der Waals surface area contributed by atoms with Crippen molar-refractivity contribution in [1.29, 1.82) is 0 Å². The van der Waals surface area contributed by atoms with Crippen LogP contribution in [0, 0.1) is 18.3 Å². The van der Waals surface area contributed by atoms with Crippen LogP contribution >= 0.6 is 23.2 Å². The standard InChI is InChI=1S/C35H40Cl2N2O5S/c1-21-28(32(40)41)16-15-27(38-21)18-35(5)19-29(24-7-6-8-26(37)17-24)31(23-11-13-25(36)14-12-23)39(33(35)42)30(22-9-10-22)20-45(43,44)34(2,3)4/h6-8,11-17,22,29-31H,9-10,18-20H2,1-5H3,(H,40,41)/t29-,30-,31-,35+/m1/s1. The van der Waals surface area contributed by atoms with E-state index in [-0.39, 0.29) is 35.5 Å². The average molecular weight is 672 g/mol. The molecule has 0 spiro atoms. The van der Waals surface area contributed by atoms with Crippen molar-refractivity contribution in [1.82, 2.24) is 9.88 Å². The molecule has 0 radical (unpaired) electrons. The summed E-state index contributed by atoms with van der Waals surface area (Å²) in [6.07, 6.45) is 2.40. The topological polar surface area (TPSA) is 105 Å². The molecule has 3 aromatic rings. The Hall–Kier alpha value is -2.94. The number of aromatic nitrogens is 1. The molecule has 1 aliphatic carbocycles. The van der Waals surface area contributed by atoms with E-state index in [2.05, 4.69) is 4.98 Å². The third-order valence-corrected chi connectivity index (χ3v) is 12.5. The number of carbonyl (C=O) groups excluding carboxylic acids is 1. The van der Waals surface area contributed by atoms with Crippen molar-refractivity contribution in [2.45, 2.75) is 83.1 Å². The molecule has 0 bridgehead atoms. The first-order chi connectivity index (χ1) is 21.0. The zero-order chi connectivity index (χ0) is 32.9. The van der Waals surface area contributed by atoms with Crippen LogP contribution in [-0.2, 0) is 21.1 Å². The van der Waals surface area contributed by atoms with Gasteiger partial charge in [-0.25, -0.2) is 13.2 Å². The van der Waals surface area contributed by atoms with Crippen LogP contribution in [0.25, 0.3) is 0 Å². The fourth-order valence-corrected chi connectivity index (χ4v) is 8.35. The summed E-state index contributed by atoms with van der Waals surface area (Å²) in [7, 11) is -3.59. The van der Waals surface area contributed by atoms with E-state index < -0.39 is 38.1 Å². The molecule has 5 rings (SSSR count). The van der Waals surface area contributed by atoms with Crippen molar-refractivity contribution in [3.05, 3.63) is 98.8 Å². The molecule has 0 unspecified atom stereocenters. The number of piperidine rings is 1. The van der Waals surface area contributed by atoms with Crippen LogP contribution in [0.5, 0.6) is 0 Å².